The molecule has 0 saturated carbocycles. The van der Waals surface area contributed by atoms with Crippen LogP contribution in [-0.2, 0) is 27.2 Å². The highest BCUT2D eigenvalue weighted by atomic mass is 35.5. The van der Waals surface area contributed by atoms with Crippen molar-refractivity contribution in [3.05, 3.63) is 69.5 Å². The molecule has 182 valence electrons. The summed E-state index contributed by atoms with van der Waals surface area (Å²) in [4.78, 5) is 38.4. The summed E-state index contributed by atoms with van der Waals surface area (Å²) in [5.74, 6) is -1.85. The number of nitrogens with zero attached hydrogens (tertiary/aromatic N) is 1. The molecule has 1 aliphatic heterocycles. The van der Waals surface area contributed by atoms with Crippen LogP contribution in [0.3, 0.4) is 0 Å². The first-order valence-corrected chi connectivity index (χ1v) is 11.9. The van der Waals surface area contributed by atoms with Gasteiger partial charge in [0.15, 0.2) is 0 Å². The number of benzene rings is 2. The number of hydrogen-bond donors (Lipinski definition) is 2. The first-order chi connectivity index (χ1) is 16.2. The van der Waals surface area contributed by atoms with Crippen LogP contribution in [0.2, 0.25) is 10.0 Å². The smallest absolute Gasteiger partial charge is 0.326 e. The van der Waals surface area contributed by atoms with Gasteiger partial charge in [-0.05, 0) is 60.6 Å². The molecule has 0 spiro atoms. The lowest BCUT2D eigenvalue weighted by atomic mass is 9.92. The van der Waals surface area contributed by atoms with Gasteiger partial charge in [0.25, 0.3) is 0 Å². The fraction of sp³-hybridized carbons (Fsp3) is 0.400. The van der Waals surface area contributed by atoms with E-state index in [0.29, 0.717) is 54.4 Å². The Balaban J connectivity index is 1.42. The number of rotatable bonds is 9. The Labute approximate surface area is 208 Å². The van der Waals surface area contributed by atoms with Gasteiger partial charge in [0.1, 0.15) is 11.9 Å². The van der Waals surface area contributed by atoms with Crippen LogP contribution in [0.5, 0.6) is 0 Å². The zero-order valence-corrected chi connectivity index (χ0v) is 20.1. The van der Waals surface area contributed by atoms with Gasteiger partial charge in [-0.1, -0.05) is 41.4 Å². The molecule has 3 rings (SSSR count). The number of nitrogens with one attached hydrogen (secondary N) is 1. The molecule has 2 amide bonds. The predicted molar refractivity (Wildman–Crippen MR) is 128 cm³/mol. The topological polar surface area (TPSA) is 86.7 Å². The number of carboxylic acids is 1. The Morgan fingerprint density at radius 1 is 1.06 bits per heavy atom. The molecule has 0 aromatic heterocycles. The second-order valence-corrected chi connectivity index (χ2v) is 9.38. The Hall–Kier alpha value is -2.64. The lowest BCUT2D eigenvalue weighted by molar-refractivity contribution is -0.142. The monoisotopic (exact) mass is 508 g/mol. The normalized spacial score (nSPS) is 15.1. The maximum atomic E-state index is 13.4. The number of piperidine rings is 1. The minimum Gasteiger partial charge on any atom is -0.480 e. The van der Waals surface area contributed by atoms with Crippen molar-refractivity contribution in [2.45, 2.75) is 44.6 Å². The van der Waals surface area contributed by atoms with Gasteiger partial charge in [0.2, 0.25) is 11.8 Å². The van der Waals surface area contributed by atoms with Gasteiger partial charge in [-0.2, -0.15) is 0 Å². The third kappa shape index (κ3) is 7.71. The van der Waals surface area contributed by atoms with Crippen LogP contribution in [0, 0.1) is 11.7 Å². The van der Waals surface area contributed by atoms with E-state index in [1.807, 2.05) is 6.07 Å². The highest BCUT2D eigenvalue weighted by molar-refractivity contribution is 6.42. The van der Waals surface area contributed by atoms with Crippen LogP contribution in [0.15, 0.2) is 42.5 Å². The molecular formula is C25H27Cl2FN2O4. The van der Waals surface area contributed by atoms with Gasteiger partial charge in [0, 0.05) is 32.4 Å². The number of halogens is 3. The molecule has 1 fully saturated rings. The summed E-state index contributed by atoms with van der Waals surface area (Å²) in [6.45, 7) is 1.12. The maximum absolute atomic E-state index is 13.4. The molecule has 6 nitrogen and oxygen atoms in total. The number of hydrogen-bond acceptors (Lipinski definition) is 3. The molecule has 0 aliphatic carbocycles. The minimum atomic E-state index is -1.17. The number of carbonyl (C=O) groups excluding carboxylic acids is 2. The van der Waals surface area contributed by atoms with E-state index in [0.717, 1.165) is 5.56 Å². The highest BCUT2D eigenvalue weighted by Gasteiger charge is 2.26. The zero-order chi connectivity index (χ0) is 24.7. The Kier molecular flexibility index (Phi) is 9.30. The van der Waals surface area contributed by atoms with E-state index in [4.69, 9.17) is 23.2 Å². The van der Waals surface area contributed by atoms with Crippen molar-refractivity contribution in [2.75, 3.05) is 13.1 Å². The fourth-order valence-electron chi connectivity index (χ4n) is 4.11. The third-order valence-corrected chi connectivity index (χ3v) is 6.75. The van der Waals surface area contributed by atoms with Gasteiger partial charge in [-0.3, -0.25) is 9.59 Å². The Bertz CT molecular complexity index is 1040. The number of aryl methyl sites for hydroxylation is 1. The maximum Gasteiger partial charge on any atom is 0.326 e. The summed E-state index contributed by atoms with van der Waals surface area (Å²) in [7, 11) is 0. The number of amides is 2. The van der Waals surface area contributed by atoms with E-state index in [9.17, 15) is 23.9 Å². The van der Waals surface area contributed by atoms with Crippen molar-refractivity contribution < 1.29 is 23.9 Å². The average Bonchev–Trinajstić information content (AvgIpc) is 2.79. The summed E-state index contributed by atoms with van der Waals surface area (Å²) in [6, 6.07) is 9.87. The summed E-state index contributed by atoms with van der Waals surface area (Å²) >= 11 is 11.9. The van der Waals surface area contributed by atoms with Crippen molar-refractivity contribution in [3.8, 4) is 0 Å². The average molecular weight is 509 g/mol. The molecule has 1 atom stereocenters. The van der Waals surface area contributed by atoms with E-state index < -0.39 is 17.8 Å². The second kappa shape index (κ2) is 12.2. The van der Waals surface area contributed by atoms with Gasteiger partial charge in [0.05, 0.1) is 10.0 Å². The molecule has 0 radical (unpaired) electrons. The number of aliphatic carboxylic acids is 1. The van der Waals surface area contributed by atoms with Crippen LogP contribution in [0.25, 0.3) is 0 Å². The molecule has 9 heteroatoms. The van der Waals surface area contributed by atoms with Crippen molar-refractivity contribution >= 4 is 41.0 Å². The van der Waals surface area contributed by atoms with E-state index in [1.54, 1.807) is 23.1 Å². The van der Waals surface area contributed by atoms with Crippen LogP contribution in [-0.4, -0.2) is 46.9 Å². The number of likely N-dealkylation sites (tertiary alicyclic amines) is 1. The quantitative estimate of drug-likeness (QED) is 0.521. The van der Waals surface area contributed by atoms with Crippen LogP contribution in [0.1, 0.15) is 36.8 Å². The van der Waals surface area contributed by atoms with Crippen molar-refractivity contribution in [1.82, 2.24) is 10.2 Å². The molecule has 34 heavy (non-hydrogen) atoms. The molecule has 1 saturated heterocycles. The molecule has 2 aromatic rings. The second-order valence-electron chi connectivity index (χ2n) is 8.57. The van der Waals surface area contributed by atoms with E-state index in [-0.39, 0.29) is 30.6 Å². The third-order valence-electron chi connectivity index (χ3n) is 6.02. The van der Waals surface area contributed by atoms with E-state index in [1.165, 1.54) is 18.2 Å². The van der Waals surface area contributed by atoms with E-state index in [2.05, 4.69) is 5.32 Å². The van der Waals surface area contributed by atoms with Gasteiger partial charge >= 0.3 is 5.97 Å². The van der Waals surface area contributed by atoms with Gasteiger partial charge in [-0.25, -0.2) is 9.18 Å². The fourth-order valence-corrected chi connectivity index (χ4v) is 4.43. The van der Waals surface area contributed by atoms with Crippen molar-refractivity contribution in [3.63, 3.8) is 0 Å². The number of carboxylic acid groups (broad SMARTS) is 1. The summed E-state index contributed by atoms with van der Waals surface area (Å²) in [5, 5.41) is 12.9. The van der Waals surface area contributed by atoms with Crippen LogP contribution in [0.4, 0.5) is 4.39 Å². The largest absolute Gasteiger partial charge is 0.480 e. The molecule has 2 aromatic carbocycles. The molecule has 1 aliphatic rings. The SMILES string of the molecule is O=C(CC1CCN(C(=O)CCc2ccc(Cl)c(Cl)c2)CC1)N[C@@H](Cc1cccc(F)c1)C(=O)O. The zero-order valence-electron chi connectivity index (χ0n) is 18.6. The summed E-state index contributed by atoms with van der Waals surface area (Å²) in [6.07, 6.45) is 2.48. The first-order valence-electron chi connectivity index (χ1n) is 11.2. The van der Waals surface area contributed by atoms with Crippen LogP contribution >= 0.6 is 23.2 Å². The molecule has 0 bridgehead atoms. The molecule has 0 unspecified atom stereocenters. The lowest BCUT2D eigenvalue weighted by Crippen LogP contribution is -2.44. The summed E-state index contributed by atoms with van der Waals surface area (Å²) < 4.78 is 13.4. The standard InChI is InChI=1S/C25H27Cl2FN2O4/c26-20-6-4-16(13-21(20)27)5-7-24(32)30-10-8-17(9-11-30)15-23(31)29-22(25(33)34)14-18-2-1-3-19(28)12-18/h1-4,6,12-13,17,22H,5,7-11,14-15H2,(H,29,31)(H,33,34)/t22-/m0/s1. The molecular weight excluding hydrogens is 482 g/mol. The Morgan fingerprint density at radius 3 is 2.44 bits per heavy atom. The molecule has 1 heterocycles. The predicted octanol–water partition coefficient (Wildman–Crippen LogP) is 4.51. The van der Waals surface area contributed by atoms with Crippen LogP contribution < -0.4 is 5.32 Å². The van der Waals surface area contributed by atoms with Crippen molar-refractivity contribution in [1.29, 1.82) is 0 Å². The van der Waals surface area contributed by atoms with Crippen molar-refractivity contribution in [2.24, 2.45) is 5.92 Å². The highest BCUT2D eigenvalue weighted by Crippen LogP contribution is 2.24. The van der Waals surface area contributed by atoms with Gasteiger partial charge in [-0.15, -0.1) is 0 Å². The van der Waals surface area contributed by atoms with Gasteiger partial charge < -0.3 is 15.3 Å². The number of carbonyl (C=O) groups is 3. The molecule has 2 N–H and O–H groups in total. The Morgan fingerprint density at radius 2 is 1.79 bits per heavy atom. The minimum absolute atomic E-state index is 0.00457. The summed E-state index contributed by atoms with van der Waals surface area (Å²) in [5.41, 5.74) is 1.45. The van der Waals surface area contributed by atoms with E-state index >= 15 is 0 Å². The lowest BCUT2D eigenvalue weighted by Gasteiger charge is -2.32. The first kappa shape index (κ1) is 26.0.